The van der Waals surface area contributed by atoms with Gasteiger partial charge in [0.05, 0.1) is 0 Å². The number of nitrogens with two attached hydrogens (primary N) is 2. The smallest absolute Gasteiger partial charge is 0.119 e. The molecule has 0 amide bonds. The zero-order valence-corrected chi connectivity index (χ0v) is 12.2. The predicted molar refractivity (Wildman–Crippen MR) is 85.1 cm³/mol. The molecule has 0 spiro atoms. The number of hydrogen-bond acceptors (Lipinski definition) is 3. The van der Waals surface area contributed by atoms with Crippen molar-refractivity contribution in [2.24, 2.45) is 11.5 Å². The van der Waals surface area contributed by atoms with Gasteiger partial charge in [-0.05, 0) is 59.1 Å². The van der Waals surface area contributed by atoms with Crippen molar-refractivity contribution < 1.29 is 5.11 Å². The molecule has 1 atom stereocenters. The largest absolute Gasteiger partial charge is 0.508 e. The van der Waals surface area contributed by atoms with Crippen LogP contribution in [0, 0.1) is 0 Å². The third kappa shape index (κ3) is 2.67. The number of fused-ring (bicyclic) bond motifs is 1. The number of phenols is 1. The van der Waals surface area contributed by atoms with Crippen LogP contribution in [0.15, 0.2) is 36.4 Å². The Morgan fingerprint density at radius 2 is 1.95 bits per heavy atom. The first-order chi connectivity index (χ1) is 10.2. The van der Waals surface area contributed by atoms with Gasteiger partial charge in [0.1, 0.15) is 5.75 Å². The van der Waals surface area contributed by atoms with Crippen LogP contribution in [0.25, 0.3) is 0 Å². The first-order valence-electron chi connectivity index (χ1n) is 7.54. The second-order valence-corrected chi connectivity index (χ2v) is 5.80. The zero-order valence-electron chi connectivity index (χ0n) is 12.2. The third-order valence-electron chi connectivity index (χ3n) is 4.57. The Hall–Kier alpha value is -1.84. The minimum atomic E-state index is 0.413. The molecule has 0 aliphatic heterocycles. The molecule has 0 heterocycles. The van der Waals surface area contributed by atoms with Crippen molar-refractivity contribution in [2.75, 3.05) is 0 Å². The molecule has 1 aliphatic rings. The summed E-state index contributed by atoms with van der Waals surface area (Å²) >= 11 is 0. The molecular weight excluding hydrogens is 260 g/mol. The van der Waals surface area contributed by atoms with Gasteiger partial charge in [-0.25, -0.2) is 0 Å². The van der Waals surface area contributed by atoms with Crippen LogP contribution < -0.4 is 11.5 Å². The highest BCUT2D eigenvalue weighted by Gasteiger charge is 2.24. The Balaban J connectivity index is 1.97. The molecule has 0 saturated carbocycles. The van der Waals surface area contributed by atoms with E-state index >= 15 is 0 Å². The summed E-state index contributed by atoms with van der Waals surface area (Å²) in [6.07, 6.45) is 2.98. The van der Waals surface area contributed by atoms with E-state index in [4.69, 9.17) is 11.5 Å². The summed E-state index contributed by atoms with van der Waals surface area (Å²) in [5.74, 6) is 0.831. The van der Waals surface area contributed by atoms with Crippen LogP contribution in [-0.2, 0) is 25.9 Å². The van der Waals surface area contributed by atoms with Crippen molar-refractivity contribution >= 4 is 0 Å². The van der Waals surface area contributed by atoms with E-state index in [0.29, 0.717) is 24.8 Å². The standard InChI is InChI=1S/C18H22N2O/c19-10-12-4-5-15(11-20)16(8-12)14-7-6-13-2-1-3-18(21)17(13)9-14/h1-5,8,14,21H,6-7,9-11,19-20H2. The van der Waals surface area contributed by atoms with Crippen molar-refractivity contribution in [1.82, 2.24) is 0 Å². The van der Waals surface area contributed by atoms with E-state index in [1.807, 2.05) is 6.07 Å². The topological polar surface area (TPSA) is 72.3 Å². The van der Waals surface area contributed by atoms with Crippen molar-refractivity contribution in [3.05, 3.63) is 64.2 Å². The van der Waals surface area contributed by atoms with Gasteiger partial charge in [-0.2, -0.15) is 0 Å². The normalized spacial score (nSPS) is 17.5. The maximum atomic E-state index is 10.1. The van der Waals surface area contributed by atoms with Crippen LogP contribution in [-0.4, -0.2) is 5.11 Å². The quantitative estimate of drug-likeness (QED) is 0.810. The van der Waals surface area contributed by atoms with Gasteiger partial charge in [-0.15, -0.1) is 0 Å². The average molecular weight is 282 g/mol. The first kappa shape index (κ1) is 14.1. The van der Waals surface area contributed by atoms with E-state index < -0.39 is 0 Å². The number of phenolic OH excluding ortho intramolecular Hbond substituents is 1. The van der Waals surface area contributed by atoms with Crippen LogP contribution in [0.2, 0.25) is 0 Å². The number of hydrogen-bond donors (Lipinski definition) is 3. The maximum Gasteiger partial charge on any atom is 0.119 e. The molecule has 0 saturated heterocycles. The van der Waals surface area contributed by atoms with E-state index in [0.717, 1.165) is 30.4 Å². The van der Waals surface area contributed by atoms with Crippen LogP contribution in [0.5, 0.6) is 5.75 Å². The molecule has 21 heavy (non-hydrogen) atoms. The summed E-state index contributed by atoms with van der Waals surface area (Å²) in [6, 6.07) is 12.2. The molecule has 1 unspecified atom stereocenters. The van der Waals surface area contributed by atoms with Gasteiger partial charge in [-0.1, -0.05) is 30.3 Å². The molecule has 110 valence electrons. The molecule has 3 heteroatoms. The number of benzene rings is 2. The van der Waals surface area contributed by atoms with Crippen molar-refractivity contribution in [1.29, 1.82) is 0 Å². The first-order valence-corrected chi connectivity index (χ1v) is 7.54. The SMILES string of the molecule is NCc1ccc(CN)c(C2CCc3cccc(O)c3C2)c1. The Bertz CT molecular complexity index is 652. The monoisotopic (exact) mass is 282 g/mol. The second kappa shape index (κ2) is 5.88. The fourth-order valence-corrected chi connectivity index (χ4v) is 3.37. The Morgan fingerprint density at radius 3 is 2.71 bits per heavy atom. The summed E-state index contributed by atoms with van der Waals surface area (Å²) in [7, 11) is 0. The zero-order chi connectivity index (χ0) is 14.8. The number of rotatable bonds is 3. The molecule has 1 aliphatic carbocycles. The molecule has 3 rings (SSSR count). The summed E-state index contributed by atoms with van der Waals surface area (Å²) in [6.45, 7) is 1.09. The Kier molecular flexibility index (Phi) is 3.95. The highest BCUT2D eigenvalue weighted by atomic mass is 16.3. The Morgan fingerprint density at radius 1 is 1.10 bits per heavy atom. The fraction of sp³-hybridized carbons (Fsp3) is 0.333. The van der Waals surface area contributed by atoms with Gasteiger partial charge in [0.2, 0.25) is 0 Å². The van der Waals surface area contributed by atoms with E-state index in [2.05, 4.69) is 24.3 Å². The van der Waals surface area contributed by atoms with E-state index in [1.54, 1.807) is 6.07 Å². The highest BCUT2D eigenvalue weighted by molar-refractivity contribution is 5.44. The molecule has 2 aromatic carbocycles. The van der Waals surface area contributed by atoms with Gasteiger partial charge in [0.25, 0.3) is 0 Å². The number of aryl methyl sites for hydroxylation is 1. The van der Waals surface area contributed by atoms with Crippen LogP contribution >= 0.6 is 0 Å². The van der Waals surface area contributed by atoms with Crippen molar-refractivity contribution in [3.63, 3.8) is 0 Å². The van der Waals surface area contributed by atoms with E-state index in [1.165, 1.54) is 16.7 Å². The molecule has 0 fully saturated rings. The van der Waals surface area contributed by atoms with Gasteiger partial charge in [0, 0.05) is 13.1 Å². The van der Waals surface area contributed by atoms with Gasteiger partial charge in [-0.3, -0.25) is 0 Å². The van der Waals surface area contributed by atoms with E-state index in [-0.39, 0.29) is 0 Å². The van der Waals surface area contributed by atoms with Gasteiger partial charge in [0.15, 0.2) is 0 Å². The summed E-state index contributed by atoms with van der Waals surface area (Å²) in [5.41, 5.74) is 17.7. The lowest BCUT2D eigenvalue weighted by molar-refractivity contribution is 0.455. The summed E-state index contributed by atoms with van der Waals surface area (Å²) in [4.78, 5) is 0. The third-order valence-corrected chi connectivity index (χ3v) is 4.57. The van der Waals surface area contributed by atoms with Crippen molar-refractivity contribution in [3.8, 4) is 5.75 Å². The molecule has 5 N–H and O–H groups in total. The molecule has 0 aromatic heterocycles. The van der Waals surface area contributed by atoms with Crippen LogP contribution in [0.1, 0.15) is 40.2 Å². The minimum absolute atomic E-state index is 0.413. The average Bonchev–Trinajstić information content (AvgIpc) is 2.54. The lowest BCUT2D eigenvalue weighted by Gasteiger charge is -2.27. The second-order valence-electron chi connectivity index (χ2n) is 5.80. The highest BCUT2D eigenvalue weighted by Crippen LogP contribution is 2.38. The van der Waals surface area contributed by atoms with E-state index in [9.17, 15) is 5.11 Å². The molecular formula is C18H22N2O. The Labute approximate surface area is 125 Å². The molecule has 0 bridgehead atoms. The molecule has 2 aromatic rings. The number of aromatic hydroxyl groups is 1. The van der Waals surface area contributed by atoms with Gasteiger partial charge < -0.3 is 16.6 Å². The summed E-state index contributed by atoms with van der Waals surface area (Å²) < 4.78 is 0. The summed E-state index contributed by atoms with van der Waals surface area (Å²) in [5, 5.41) is 10.1. The lowest BCUT2D eigenvalue weighted by Crippen LogP contribution is -2.16. The minimum Gasteiger partial charge on any atom is -0.508 e. The van der Waals surface area contributed by atoms with Crippen LogP contribution in [0.4, 0.5) is 0 Å². The fourth-order valence-electron chi connectivity index (χ4n) is 3.37. The van der Waals surface area contributed by atoms with Gasteiger partial charge >= 0.3 is 0 Å². The molecule has 3 nitrogen and oxygen atoms in total. The van der Waals surface area contributed by atoms with Crippen molar-refractivity contribution in [2.45, 2.75) is 38.3 Å². The lowest BCUT2D eigenvalue weighted by atomic mass is 9.78. The van der Waals surface area contributed by atoms with Crippen LogP contribution in [0.3, 0.4) is 0 Å². The maximum absolute atomic E-state index is 10.1. The molecule has 0 radical (unpaired) electrons. The predicted octanol–water partition coefficient (Wildman–Crippen LogP) is 2.58.